The van der Waals surface area contributed by atoms with E-state index in [2.05, 4.69) is 32.9 Å². The quantitative estimate of drug-likeness (QED) is 0.550. The molecule has 0 saturated heterocycles. The summed E-state index contributed by atoms with van der Waals surface area (Å²) in [6.07, 6.45) is 17.1. The van der Waals surface area contributed by atoms with Gasteiger partial charge in [0.05, 0.1) is 5.60 Å². The Balaban J connectivity index is 1.52. The van der Waals surface area contributed by atoms with Gasteiger partial charge in [0.2, 0.25) is 0 Å². The fourth-order valence-corrected chi connectivity index (χ4v) is 8.17. The van der Waals surface area contributed by atoms with Crippen LogP contribution in [0.1, 0.15) is 92.4 Å². The summed E-state index contributed by atoms with van der Waals surface area (Å²) in [5, 5.41) is 10.0. The predicted octanol–water partition coefficient (Wildman–Crippen LogP) is 6.49. The number of carbonyl (C=O) groups is 1. The molecule has 2 heteroatoms. The first-order valence-electron chi connectivity index (χ1n) is 12.2. The molecule has 3 fully saturated rings. The fraction of sp³-hybridized carbons (Fsp3) is 0.815. The number of ketones is 1. The van der Waals surface area contributed by atoms with Gasteiger partial charge in [-0.05, 0) is 112 Å². The van der Waals surface area contributed by atoms with Crippen LogP contribution in [-0.4, -0.2) is 16.5 Å². The zero-order valence-electron chi connectivity index (χ0n) is 19.3. The Morgan fingerprint density at radius 1 is 1.14 bits per heavy atom. The van der Waals surface area contributed by atoms with Crippen LogP contribution >= 0.6 is 0 Å². The van der Waals surface area contributed by atoms with Gasteiger partial charge in [-0.2, -0.15) is 0 Å². The highest BCUT2D eigenvalue weighted by Crippen LogP contribution is 2.67. The van der Waals surface area contributed by atoms with Crippen molar-refractivity contribution < 1.29 is 9.90 Å². The van der Waals surface area contributed by atoms with E-state index >= 15 is 0 Å². The van der Waals surface area contributed by atoms with Gasteiger partial charge in [0, 0.05) is 6.42 Å². The zero-order chi connectivity index (χ0) is 21.0. The van der Waals surface area contributed by atoms with E-state index in [-0.39, 0.29) is 5.41 Å². The predicted molar refractivity (Wildman–Crippen MR) is 119 cm³/mol. The number of hydrogen-bond donors (Lipinski definition) is 1. The third-order valence-electron chi connectivity index (χ3n) is 9.73. The maximum absolute atomic E-state index is 12.0. The van der Waals surface area contributed by atoms with E-state index in [9.17, 15) is 9.90 Å². The van der Waals surface area contributed by atoms with Gasteiger partial charge < -0.3 is 5.11 Å². The van der Waals surface area contributed by atoms with Gasteiger partial charge in [-0.3, -0.25) is 4.79 Å². The van der Waals surface area contributed by atoms with Crippen LogP contribution in [0.5, 0.6) is 0 Å². The molecule has 0 aliphatic heterocycles. The lowest BCUT2D eigenvalue weighted by Crippen LogP contribution is -2.50. The SMILES string of the molecule is CC(C=CCC(C)(C)O)C1CCC2C3CCC4=CC(=O)CCC4(C)C3CCC12C. The van der Waals surface area contributed by atoms with Crippen molar-refractivity contribution in [3.63, 3.8) is 0 Å². The lowest BCUT2D eigenvalue weighted by Gasteiger charge is -2.58. The molecule has 4 aliphatic rings. The van der Waals surface area contributed by atoms with E-state index < -0.39 is 5.60 Å². The third kappa shape index (κ3) is 3.68. The van der Waals surface area contributed by atoms with Gasteiger partial charge in [-0.25, -0.2) is 0 Å². The van der Waals surface area contributed by atoms with Crippen LogP contribution < -0.4 is 0 Å². The molecule has 0 spiro atoms. The summed E-state index contributed by atoms with van der Waals surface area (Å²) in [5.41, 5.74) is 1.62. The Hall–Kier alpha value is -0.890. The van der Waals surface area contributed by atoms with Crippen molar-refractivity contribution in [3.05, 3.63) is 23.8 Å². The molecule has 0 aromatic carbocycles. The van der Waals surface area contributed by atoms with Gasteiger partial charge in [0.25, 0.3) is 0 Å². The number of hydrogen-bond acceptors (Lipinski definition) is 2. The molecule has 0 bridgehead atoms. The van der Waals surface area contributed by atoms with Crippen LogP contribution in [0.4, 0.5) is 0 Å². The second kappa shape index (κ2) is 7.36. The van der Waals surface area contributed by atoms with E-state index in [0.717, 1.165) is 49.4 Å². The summed E-state index contributed by atoms with van der Waals surface area (Å²) in [7, 11) is 0. The molecule has 0 aromatic rings. The molecule has 7 atom stereocenters. The molecular formula is C27H42O2. The van der Waals surface area contributed by atoms with Crippen LogP contribution in [0.3, 0.4) is 0 Å². The summed E-state index contributed by atoms with van der Waals surface area (Å²) < 4.78 is 0. The maximum atomic E-state index is 12.0. The minimum atomic E-state index is -0.611. The molecule has 29 heavy (non-hydrogen) atoms. The summed E-state index contributed by atoms with van der Waals surface area (Å²) in [4.78, 5) is 12.0. The smallest absolute Gasteiger partial charge is 0.155 e. The first-order valence-corrected chi connectivity index (χ1v) is 12.2. The normalized spacial score (nSPS) is 43.5. The van der Waals surface area contributed by atoms with Crippen LogP contribution in [0.25, 0.3) is 0 Å². The van der Waals surface area contributed by atoms with Crippen molar-refractivity contribution in [2.45, 2.75) is 98.0 Å². The molecule has 0 heterocycles. The van der Waals surface area contributed by atoms with Gasteiger partial charge in [-0.15, -0.1) is 0 Å². The summed E-state index contributed by atoms with van der Waals surface area (Å²) >= 11 is 0. The molecule has 0 aromatic heterocycles. The average Bonchev–Trinajstić information content (AvgIpc) is 2.98. The number of fused-ring (bicyclic) bond motifs is 5. The van der Waals surface area contributed by atoms with Crippen LogP contribution in [0.2, 0.25) is 0 Å². The van der Waals surface area contributed by atoms with E-state index in [1.807, 2.05) is 19.9 Å². The Labute approximate surface area is 178 Å². The third-order valence-corrected chi connectivity index (χ3v) is 9.73. The molecule has 3 saturated carbocycles. The van der Waals surface area contributed by atoms with E-state index in [4.69, 9.17) is 0 Å². The Bertz CT molecular complexity index is 711. The molecule has 162 valence electrons. The highest BCUT2D eigenvalue weighted by Gasteiger charge is 2.59. The number of rotatable bonds is 4. The lowest BCUT2D eigenvalue weighted by atomic mass is 9.46. The van der Waals surface area contributed by atoms with Crippen molar-refractivity contribution in [1.29, 1.82) is 0 Å². The first-order chi connectivity index (χ1) is 13.5. The highest BCUT2D eigenvalue weighted by atomic mass is 16.3. The van der Waals surface area contributed by atoms with Crippen LogP contribution in [0.15, 0.2) is 23.8 Å². The number of aliphatic hydroxyl groups is 1. The molecule has 4 rings (SSSR count). The zero-order valence-corrected chi connectivity index (χ0v) is 19.3. The minimum absolute atomic E-state index is 0.286. The standard InChI is InChI=1S/C27H42O2/c1-18(7-6-14-25(2,3)29)22-10-11-23-21-9-8-19-17-20(28)12-15-26(19,4)24(21)13-16-27(22,23)5/h6-7,17-18,21-24,29H,8-16H2,1-5H3. The minimum Gasteiger partial charge on any atom is -0.390 e. The highest BCUT2D eigenvalue weighted by molar-refractivity contribution is 5.91. The molecule has 2 nitrogen and oxygen atoms in total. The second-order valence-electron chi connectivity index (χ2n) is 12.0. The second-order valence-corrected chi connectivity index (χ2v) is 12.0. The van der Waals surface area contributed by atoms with Crippen LogP contribution in [-0.2, 0) is 4.79 Å². The van der Waals surface area contributed by atoms with Crippen molar-refractivity contribution in [2.24, 2.45) is 40.4 Å². The Morgan fingerprint density at radius 3 is 2.62 bits per heavy atom. The van der Waals surface area contributed by atoms with Crippen molar-refractivity contribution >= 4 is 5.78 Å². The topological polar surface area (TPSA) is 37.3 Å². The Kier molecular flexibility index (Phi) is 5.42. The van der Waals surface area contributed by atoms with Crippen molar-refractivity contribution in [1.82, 2.24) is 0 Å². The average molecular weight is 399 g/mol. The van der Waals surface area contributed by atoms with E-state index in [0.29, 0.717) is 17.1 Å². The molecule has 0 radical (unpaired) electrons. The Morgan fingerprint density at radius 2 is 1.90 bits per heavy atom. The van der Waals surface area contributed by atoms with Crippen molar-refractivity contribution in [3.8, 4) is 0 Å². The van der Waals surface area contributed by atoms with Crippen LogP contribution in [0, 0.1) is 40.4 Å². The molecule has 4 aliphatic carbocycles. The molecule has 1 N–H and O–H groups in total. The lowest BCUT2D eigenvalue weighted by molar-refractivity contribution is -0.117. The van der Waals surface area contributed by atoms with E-state index in [1.165, 1.54) is 37.7 Å². The molecule has 0 amide bonds. The van der Waals surface area contributed by atoms with Gasteiger partial charge in [0.1, 0.15) is 0 Å². The van der Waals surface area contributed by atoms with E-state index in [1.54, 1.807) is 0 Å². The van der Waals surface area contributed by atoms with Crippen molar-refractivity contribution in [2.75, 3.05) is 0 Å². The largest absolute Gasteiger partial charge is 0.390 e. The maximum Gasteiger partial charge on any atom is 0.155 e. The summed E-state index contributed by atoms with van der Waals surface area (Å²) in [6.45, 7) is 11.3. The van der Waals surface area contributed by atoms with Gasteiger partial charge in [0.15, 0.2) is 5.78 Å². The number of carbonyl (C=O) groups excluding carboxylic acids is 1. The number of allylic oxidation sites excluding steroid dienone is 2. The van der Waals surface area contributed by atoms with Gasteiger partial charge in [-0.1, -0.05) is 38.5 Å². The first kappa shape index (κ1) is 21.3. The fourth-order valence-electron chi connectivity index (χ4n) is 8.17. The molecular weight excluding hydrogens is 356 g/mol. The monoisotopic (exact) mass is 398 g/mol. The summed E-state index contributed by atoms with van der Waals surface area (Å²) in [5.74, 6) is 4.21. The molecule has 7 unspecified atom stereocenters. The van der Waals surface area contributed by atoms with Gasteiger partial charge >= 0.3 is 0 Å². The summed E-state index contributed by atoms with van der Waals surface area (Å²) in [6, 6.07) is 0.